The van der Waals surface area contributed by atoms with E-state index in [-0.39, 0.29) is 12.1 Å². The SMILES string of the molecule is CCCOc1ccc(CN2C(=O)NC(=O)/C(=C\c3ccc(OCc4ccccc4)c(Br)c3)C2=O)cc1OCC. The van der Waals surface area contributed by atoms with E-state index in [1.807, 2.05) is 44.2 Å². The third-order valence-electron chi connectivity index (χ3n) is 5.80. The van der Waals surface area contributed by atoms with Crippen molar-refractivity contribution in [3.05, 3.63) is 93.5 Å². The fourth-order valence-corrected chi connectivity index (χ4v) is 4.41. The first-order valence-corrected chi connectivity index (χ1v) is 13.4. The van der Waals surface area contributed by atoms with Gasteiger partial charge < -0.3 is 14.2 Å². The van der Waals surface area contributed by atoms with Crippen LogP contribution in [0.4, 0.5) is 4.79 Å². The normalized spacial score (nSPS) is 14.4. The summed E-state index contributed by atoms with van der Waals surface area (Å²) in [5.74, 6) is 0.302. The summed E-state index contributed by atoms with van der Waals surface area (Å²) in [5.41, 5.74) is 2.13. The molecule has 4 rings (SSSR count). The molecule has 0 aliphatic carbocycles. The van der Waals surface area contributed by atoms with Crippen LogP contribution in [0, 0.1) is 0 Å². The van der Waals surface area contributed by atoms with Gasteiger partial charge in [-0.1, -0.05) is 49.4 Å². The zero-order valence-electron chi connectivity index (χ0n) is 21.7. The second kappa shape index (κ2) is 13.1. The second-order valence-corrected chi connectivity index (χ2v) is 9.59. The summed E-state index contributed by atoms with van der Waals surface area (Å²) >= 11 is 3.50. The number of halogens is 1. The van der Waals surface area contributed by atoms with Crippen LogP contribution in [0.3, 0.4) is 0 Å². The van der Waals surface area contributed by atoms with Gasteiger partial charge in [0.25, 0.3) is 11.8 Å². The lowest BCUT2D eigenvalue weighted by molar-refractivity contribution is -0.130. The zero-order chi connectivity index (χ0) is 27.8. The van der Waals surface area contributed by atoms with Gasteiger partial charge >= 0.3 is 6.03 Å². The lowest BCUT2D eigenvalue weighted by Crippen LogP contribution is -2.53. The molecule has 1 heterocycles. The van der Waals surface area contributed by atoms with Gasteiger partial charge in [-0.05, 0) is 76.3 Å². The number of carbonyl (C=O) groups excluding carboxylic acids is 3. The number of ether oxygens (including phenoxy) is 3. The number of rotatable bonds is 11. The minimum atomic E-state index is -0.780. The smallest absolute Gasteiger partial charge is 0.331 e. The molecule has 1 aliphatic heterocycles. The van der Waals surface area contributed by atoms with Gasteiger partial charge in [-0.3, -0.25) is 19.8 Å². The molecule has 0 atom stereocenters. The Morgan fingerprint density at radius 1 is 0.846 bits per heavy atom. The van der Waals surface area contributed by atoms with E-state index in [2.05, 4.69) is 21.2 Å². The number of barbiturate groups is 1. The van der Waals surface area contributed by atoms with Gasteiger partial charge in [0.15, 0.2) is 11.5 Å². The van der Waals surface area contributed by atoms with Crippen LogP contribution in [-0.4, -0.2) is 36.0 Å². The second-order valence-electron chi connectivity index (χ2n) is 8.74. The number of nitrogens with zero attached hydrogens (tertiary/aromatic N) is 1. The minimum absolute atomic E-state index is 0.0423. The molecule has 3 aromatic rings. The van der Waals surface area contributed by atoms with E-state index in [1.165, 1.54) is 6.08 Å². The van der Waals surface area contributed by atoms with Crippen molar-refractivity contribution in [1.82, 2.24) is 10.2 Å². The molecule has 4 amide bonds. The lowest BCUT2D eigenvalue weighted by Gasteiger charge is -2.26. The number of carbonyl (C=O) groups is 3. The quantitative estimate of drug-likeness (QED) is 0.221. The standard InChI is InChI=1S/C30H29BrN2O6/c1-3-14-38-26-13-11-22(17-27(26)37-4-2)18-33-29(35)23(28(34)32-30(33)36)15-21-10-12-25(24(31)16-21)39-19-20-8-6-5-7-9-20/h5-13,15-17H,3-4,14,18-19H2,1-2H3,(H,32,34,36)/b23-15+. The summed E-state index contributed by atoms with van der Waals surface area (Å²) in [4.78, 5) is 39.4. The maximum Gasteiger partial charge on any atom is 0.331 e. The highest BCUT2D eigenvalue weighted by Gasteiger charge is 2.35. The molecule has 0 aromatic heterocycles. The van der Waals surface area contributed by atoms with E-state index < -0.39 is 17.8 Å². The van der Waals surface area contributed by atoms with Crippen LogP contribution in [0.2, 0.25) is 0 Å². The van der Waals surface area contributed by atoms with Crippen LogP contribution >= 0.6 is 15.9 Å². The van der Waals surface area contributed by atoms with Gasteiger partial charge in [0.2, 0.25) is 0 Å². The Morgan fingerprint density at radius 2 is 1.62 bits per heavy atom. The Morgan fingerprint density at radius 3 is 2.33 bits per heavy atom. The topological polar surface area (TPSA) is 94.2 Å². The summed E-state index contributed by atoms with van der Waals surface area (Å²) in [5, 5.41) is 2.26. The predicted octanol–water partition coefficient (Wildman–Crippen LogP) is 5.88. The van der Waals surface area contributed by atoms with Crippen LogP contribution in [-0.2, 0) is 22.7 Å². The molecule has 8 nitrogen and oxygen atoms in total. The van der Waals surface area contributed by atoms with E-state index in [9.17, 15) is 14.4 Å². The molecule has 0 radical (unpaired) electrons. The number of hydrogen-bond acceptors (Lipinski definition) is 6. The van der Waals surface area contributed by atoms with E-state index in [4.69, 9.17) is 14.2 Å². The van der Waals surface area contributed by atoms with Crippen LogP contribution in [0.25, 0.3) is 6.08 Å². The molecular weight excluding hydrogens is 564 g/mol. The molecule has 0 bridgehead atoms. The van der Waals surface area contributed by atoms with E-state index in [0.717, 1.165) is 16.9 Å². The number of amides is 4. The van der Waals surface area contributed by atoms with E-state index >= 15 is 0 Å². The Balaban J connectivity index is 1.51. The number of nitrogens with one attached hydrogen (secondary N) is 1. The molecule has 202 valence electrons. The van der Waals surface area contributed by atoms with Crippen LogP contribution in [0.1, 0.15) is 37.0 Å². The fourth-order valence-electron chi connectivity index (χ4n) is 3.90. The molecule has 1 saturated heterocycles. The Labute approximate surface area is 235 Å². The first kappa shape index (κ1) is 27.9. The van der Waals surface area contributed by atoms with Crippen molar-refractivity contribution < 1.29 is 28.6 Å². The van der Waals surface area contributed by atoms with Crippen LogP contribution in [0.5, 0.6) is 17.2 Å². The van der Waals surface area contributed by atoms with Gasteiger partial charge in [0, 0.05) is 0 Å². The summed E-state index contributed by atoms with van der Waals surface area (Å²) in [6, 6.07) is 19.5. The summed E-state index contributed by atoms with van der Waals surface area (Å²) in [6.07, 6.45) is 2.30. The first-order valence-electron chi connectivity index (χ1n) is 12.6. The van der Waals surface area contributed by atoms with E-state index in [1.54, 1.807) is 36.4 Å². The third-order valence-corrected chi connectivity index (χ3v) is 6.42. The van der Waals surface area contributed by atoms with Gasteiger partial charge in [0.05, 0.1) is 24.2 Å². The van der Waals surface area contributed by atoms with Crippen molar-refractivity contribution in [2.45, 2.75) is 33.4 Å². The predicted molar refractivity (Wildman–Crippen MR) is 150 cm³/mol. The molecule has 0 unspecified atom stereocenters. The summed E-state index contributed by atoms with van der Waals surface area (Å²) in [7, 11) is 0. The van der Waals surface area contributed by atoms with Crippen molar-refractivity contribution in [2.75, 3.05) is 13.2 Å². The average Bonchev–Trinajstić information content (AvgIpc) is 2.93. The van der Waals surface area contributed by atoms with E-state index in [0.29, 0.717) is 52.7 Å². The molecule has 0 spiro atoms. The van der Waals surface area contributed by atoms with Crippen molar-refractivity contribution in [3.63, 3.8) is 0 Å². The molecule has 39 heavy (non-hydrogen) atoms. The molecule has 1 fully saturated rings. The largest absolute Gasteiger partial charge is 0.490 e. The molecule has 9 heteroatoms. The maximum atomic E-state index is 13.3. The molecular formula is C30H29BrN2O6. The average molecular weight is 593 g/mol. The molecule has 1 N–H and O–H groups in total. The highest BCUT2D eigenvalue weighted by molar-refractivity contribution is 9.10. The Hall–Kier alpha value is -4.11. The van der Waals surface area contributed by atoms with Crippen LogP contribution in [0.15, 0.2) is 76.8 Å². The monoisotopic (exact) mass is 592 g/mol. The van der Waals surface area contributed by atoms with Crippen LogP contribution < -0.4 is 19.5 Å². The number of benzene rings is 3. The molecule has 3 aromatic carbocycles. The number of imide groups is 2. The first-order chi connectivity index (χ1) is 18.9. The Kier molecular flexibility index (Phi) is 9.38. The Bertz CT molecular complexity index is 1390. The molecule has 0 saturated carbocycles. The zero-order valence-corrected chi connectivity index (χ0v) is 23.3. The highest BCUT2D eigenvalue weighted by Crippen LogP contribution is 2.31. The minimum Gasteiger partial charge on any atom is -0.490 e. The van der Waals surface area contributed by atoms with Gasteiger partial charge in [0.1, 0.15) is 17.9 Å². The summed E-state index contributed by atoms with van der Waals surface area (Å²) in [6.45, 7) is 5.20. The number of urea groups is 1. The van der Waals surface area contributed by atoms with Crippen molar-refractivity contribution in [1.29, 1.82) is 0 Å². The third kappa shape index (κ3) is 7.06. The van der Waals surface area contributed by atoms with Gasteiger partial charge in [-0.15, -0.1) is 0 Å². The highest BCUT2D eigenvalue weighted by atomic mass is 79.9. The van der Waals surface area contributed by atoms with Crippen molar-refractivity contribution in [2.24, 2.45) is 0 Å². The van der Waals surface area contributed by atoms with Crippen molar-refractivity contribution in [3.8, 4) is 17.2 Å². The maximum absolute atomic E-state index is 13.3. The fraction of sp³-hybridized carbons (Fsp3) is 0.233. The van der Waals surface area contributed by atoms with Gasteiger partial charge in [-0.25, -0.2) is 4.79 Å². The lowest BCUT2D eigenvalue weighted by atomic mass is 10.1. The molecule has 1 aliphatic rings. The van der Waals surface area contributed by atoms with Crippen molar-refractivity contribution >= 4 is 39.9 Å². The number of hydrogen-bond donors (Lipinski definition) is 1. The summed E-state index contributed by atoms with van der Waals surface area (Å²) < 4.78 is 18.0. The van der Waals surface area contributed by atoms with Gasteiger partial charge in [-0.2, -0.15) is 0 Å².